The molecular formula is C13H15NO2. The van der Waals surface area contributed by atoms with Crippen molar-refractivity contribution in [3.63, 3.8) is 0 Å². The molecule has 3 nitrogen and oxygen atoms in total. The third-order valence-electron chi connectivity index (χ3n) is 2.56. The van der Waals surface area contributed by atoms with Gasteiger partial charge in [-0.3, -0.25) is 4.98 Å². The number of hydrogen-bond acceptors (Lipinski definition) is 3. The van der Waals surface area contributed by atoms with Crippen LogP contribution in [0.15, 0.2) is 30.5 Å². The van der Waals surface area contributed by atoms with Crippen molar-refractivity contribution in [2.75, 3.05) is 7.11 Å². The molecule has 1 N–H and O–H groups in total. The molecule has 1 unspecified atom stereocenters. The summed E-state index contributed by atoms with van der Waals surface area (Å²) in [6, 6.07) is 7.78. The van der Waals surface area contributed by atoms with Crippen molar-refractivity contribution in [1.82, 2.24) is 4.98 Å². The number of pyridine rings is 1. The standard InChI is InChI=1S/C13H15NO2/c1-9(15)8-10-5-6-12(16-2)13-11(10)4-3-7-14-13/h3-7,9,15H,8H2,1-2H3. The molecule has 0 saturated carbocycles. The number of methoxy groups -OCH3 is 1. The summed E-state index contributed by atoms with van der Waals surface area (Å²) >= 11 is 0. The molecule has 16 heavy (non-hydrogen) atoms. The first-order chi connectivity index (χ1) is 7.72. The number of aliphatic hydroxyl groups is 1. The second-order valence-corrected chi connectivity index (χ2v) is 3.88. The summed E-state index contributed by atoms with van der Waals surface area (Å²) in [6.07, 6.45) is 2.03. The van der Waals surface area contributed by atoms with Crippen molar-refractivity contribution in [1.29, 1.82) is 0 Å². The summed E-state index contributed by atoms with van der Waals surface area (Å²) < 4.78 is 5.26. The van der Waals surface area contributed by atoms with Gasteiger partial charge < -0.3 is 9.84 Å². The van der Waals surface area contributed by atoms with E-state index in [2.05, 4.69) is 4.98 Å². The average molecular weight is 217 g/mol. The highest BCUT2D eigenvalue weighted by atomic mass is 16.5. The van der Waals surface area contributed by atoms with Crippen LogP contribution in [-0.2, 0) is 6.42 Å². The molecule has 0 fully saturated rings. The first-order valence-corrected chi connectivity index (χ1v) is 5.31. The molecule has 1 atom stereocenters. The minimum Gasteiger partial charge on any atom is -0.494 e. The van der Waals surface area contributed by atoms with Crippen LogP contribution in [0.4, 0.5) is 0 Å². The molecule has 0 spiro atoms. The largest absolute Gasteiger partial charge is 0.494 e. The summed E-state index contributed by atoms with van der Waals surface area (Å²) in [5, 5.41) is 10.5. The van der Waals surface area contributed by atoms with Gasteiger partial charge in [0.1, 0.15) is 11.3 Å². The van der Waals surface area contributed by atoms with E-state index in [1.807, 2.05) is 24.3 Å². The summed E-state index contributed by atoms with van der Waals surface area (Å²) in [7, 11) is 1.64. The number of rotatable bonds is 3. The summed E-state index contributed by atoms with van der Waals surface area (Å²) in [6.45, 7) is 1.78. The smallest absolute Gasteiger partial charge is 0.145 e. The molecule has 3 heteroatoms. The van der Waals surface area contributed by atoms with Crippen LogP contribution in [0.5, 0.6) is 5.75 Å². The molecule has 0 amide bonds. The lowest BCUT2D eigenvalue weighted by Gasteiger charge is -2.10. The van der Waals surface area contributed by atoms with Gasteiger partial charge in [-0.2, -0.15) is 0 Å². The molecule has 84 valence electrons. The van der Waals surface area contributed by atoms with Crippen LogP contribution in [0.25, 0.3) is 10.9 Å². The van der Waals surface area contributed by atoms with E-state index in [0.717, 1.165) is 22.2 Å². The number of aliphatic hydroxyl groups excluding tert-OH is 1. The Bertz CT molecular complexity index is 494. The Kier molecular flexibility index (Phi) is 3.06. The zero-order chi connectivity index (χ0) is 11.5. The van der Waals surface area contributed by atoms with Crippen LogP contribution in [0.1, 0.15) is 12.5 Å². The highest BCUT2D eigenvalue weighted by Gasteiger charge is 2.08. The second kappa shape index (κ2) is 4.49. The molecular weight excluding hydrogens is 202 g/mol. The summed E-state index contributed by atoms with van der Waals surface area (Å²) in [5.41, 5.74) is 1.95. The maximum absolute atomic E-state index is 9.44. The number of ether oxygens (including phenoxy) is 1. The summed E-state index contributed by atoms with van der Waals surface area (Å²) in [4.78, 5) is 4.31. The van der Waals surface area contributed by atoms with Crippen LogP contribution in [0.3, 0.4) is 0 Å². The predicted molar refractivity (Wildman–Crippen MR) is 63.7 cm³/mol. The van der Waals surface area contributed by atoms with Gasteiger partial charge in [-0.25, -0.2) is 0 Å². The quantitative estimate of drug-likeness (QED) is 0.856. The molecule has 0 aliphatic rings. The van der Waals surface area contributed by atoms with Gasteiger partial charge >= 0.3 is 0 Å². The molecule has 0 aliphatic heterocycles. The maximum atomic E-state index is 9.44. The zero-order valence-corrected chi connectivity index (χ0v) is 9.47. The van der Waals surface area contributed by atoms with E-state index in [4.69, 9.17) is 4.74 Å². The van der Waals surface area contributed by atoms with Crippen molar-refractivity contribution in [3.05, 3.63) is 36.0 Å². The van der Waals surface area contributed by atoms with Gasteiger partial charge in [-0.15, -0.1) is 0 Å². The van der Waals surface area contributed by atoms with Gasteiger partial charge in [-0.1, -0.05) is 12.1 Å². The van der Waals surface area contributed by atoms with Crippen LogP contribution in [0, 0.1) is 0 Å². The molecule has 1 aromatic heterocycles. The van der Waals surface area contributed by atoms with Crippen molar-refractivity contribution < 1.29 is 9.84 Å². The Hall–Kier alpha value is -1.61. The van der Waals surface area contributed by atoms with E-state index >= 15 is 0 Å². The Morgan fingerprint density at radius 2 is 2.19 bits per heavy atom. The molecule has 2 rings (SSSR count). The Labute approximate surface area is 94.7 Å². The SMILES string of the molecule is COc1ccc(CC(C)O)c2cccnc12. The van der Waals surface area contributed by atoms with E-state index in [1.54, 1.807) is 20.2 Å². The zero-order valence-electron chi connectivity index (χ0n) is 9.47. The van der Waals surface area contributed by atoms with Crippen molar-refractivity contribution >= 4 is 10.9 Å². The first-order valence-electron chi connectivity index (χ1n) is 5.31. The first kappa shape index (κ1) is 10.9. The van der Waals surface area contributed by atoms with Gasteiger partial charge in [0.2, 0.25) is 0 Å². The molecule has 0 bridgehead atoms. The molecule has 0 saturated heterocycles. The maximum Gasteiger partial charge on any atom is 0.145 e. The van der Waals surface area contributed by atoms with Crippen LogP contribution in [0.2, 0.25) is 0 Å². The molecule has 1 aromatic carbocycles. The topological polar surface area (TPSA) is 42.4 Å². The molecule has 2 aromatic rings. The highest BCUT2D eigenvalue weighted by molar-refractivity contribution is 5.87. The lowest BCUT2D eigenvalue weighted by Crippen LogP contribution is -2.05. The second-order valence-electron chi connectivity index (χ2n) is 3.88. The van der Waals surface area contributed by atoms with Crippen molar-refractivity contribution in [2.24, 2.45) is 0 Å². The van der Waals surface area contributed by atoms with E-state index in [0.29, 0.717) is 6.42 Å². The van der Waals surface area contributed by atoms with Crippen LogP contribution in [-0.4, -0.2) is 23.3 Å². The lowest BCUT2D eigenvalue weighted by atomic mass is 10.0. The predicted octanol–water partition coefficient (Wildman–Crippen LogP) is 2.17. The Balaban J connectivity index is 2.60. The monoisotopic (exact) mass is 217 g/mol. The number of aromatic nitrogens is 1. The van der Waals surface area contributed by atoms with Gasteiger partial charge in [0.25, 0.3) is 0 Å². The number of nitrogens with zero attached hydrogens (tertiary/aromatic N) is 1. The number of benzene rings is 1. The fraction of sp³-hybridized carbons (Fsp3) is 0.308. The van der Waals surface area contributed by atoms with Crippen LogP contribution >= 0.6 is 0 Å². The fourth-order valence-electron chi connectivity index (χ4n) is 1.87. The minimum absolute atomic E-state index is 0.350. The van der Waals surface area contributed by atoms with Gasteiger partial charge in [0.15, 0.2) is 0 Å². The Morgan fingerprint density at radius 3 is 2.88 bits per heavy atom. The van der Waals surface area contributed by atoms with Gasteiger partial charge in [0, 0.05) is 11.6 Å². The Morgan fingerprint density at radius 1 is 1.38 bits per heavy atom. The van der Waals surface area contributed by atoms with E-state index in [-0.39, 0.29) is 6.10 Å². The third-order valence-corrected chi connectivity index (χ3v) is 2.56. The lowest BCUT2D eigenvalue weighted by molar-refractivity contribution is 0.196. The average Bonchev–Trinajstić information content (AvgIpc) is 2.29. The van der Waals surface area contributed by atoms with E-state index < -0.39 is 0 Å². The van der Waals surface area contributed by atoms with Gasteiger partial charge in [0.05, 0.1) is 13.2 Å². The van der Waals surface area contributed by atoms with E-state index in [9.17, 15) is 5.11 Å². The number of hydrogen-bond donors (Lipinski definition) is 1. The van der Waals surface area contributed by atoms with Crippen molar-refractivity contribution in [2.45, 2.75) is 19.4 Å². The van der Waals surface area contributed by atoms with Gasteiger partial charge in [-0.05, 0) is 31.0 Å². The fourth-order valence-corrected chi connectivity index (χ4v) is 1.87. The molecule has 1 heterocycles. The highest BCUT2D eigenvalue weighted by Crippen LogP contribution is 2.26. The third kappa shape index (κ3) is 1.99. The molecule has 0 radical (unpaired) electrons. The summed E-state index contributed by atoms with van der Waals surface area (Å²) in [5.74, 6) is 0.768. The van der Waals surface area contributed by atoms with Crippen LogP contribution < -0.4 is 4.74 Å². The van der Waals surface area contributed by atoms with E-state index in [1.165, 1.54) is 0 Å². The minimum atomic E-state index is -0.350. The normalized spacial score (nSPS) is 12.7. The number of fused-ring (bicyclic) bond motifs is 1. The molecule has 0 aliphatic carbocycles. The van der Waals surface area contributed by atoms with Crippen molar-refractivity contribution in [3.8, 4) is 5.75 Å².